The molecule has 0 atom stereocenters. The van der Waals surface area contributed by atoms with Crippen LogP contribution in [0.3, 0.4) is 0 Å². The van der Waals surface area contributed by atoms with Gasteiger partial charge in [-0.05, 0) is 57.2 Å². The zero-order valence-electron chi connectivity index (χ0n) is 14.7. The minimum absolute atomic E-state index is 1.21. The Morgan fingerprint density at radius 2 is 0.680 bits per heavy atom. The highest BCUT2D eigenvalue weighted by molar-refractivity contribution is 8.76. The van der Waals surface area contributed by atoms with E-state index in [-0.39, 0.29) is 0 Å². The molecule has 0 fully saturated rings. The molecule has 0 amide bonds. The molecule has 0 unspecified atom stereocenters. The second-order valence-corrected chi connectivity index (χ2v) is 17.8. The van der Waals surface area contributed by atoms with E-state index < -0.39 is 6.25 Å². The van der Waals surface area contributed by atoms with Gasteiger partial charge < -0.3 is 0 Å². The molecular weight excluding hydrogens is 377 g/mol. The number of aryl methyl sites for hydroxylation is 3. The number of benzene rings is 3. The summed E-state index contributed by atoms with van der Waals surface area (Å²) in [5, 5.41) is 0. The third-order valence-electron chi connectivity index (χ3n) is 3.76. The SMILES string of the molecule is Cc1ccc(S[SiH](Sc2ccc(C)cc2)Sc2ccc(C)cc2)cc1. The summed E-state index contributed by atoms with van der Waals surface area (Å²) in [6, 6.07) is 26.8. The summed E-state index contributed by atoms with van der Waals surface area (Å²) in [6.45, 7) is 6.43. The van der Waals surface area contributed by atoms with E-state index in [0.29, 0.717) is 0 Å². The van der Waals surface area contributed by atoms with Gasteiger partial charge in [-0.15, -0.1) is 33.6 Å². The van der Waals surface area contributed by atoms with Crippen molar-refractivity contribution in [1.82, 2.24) is 0 Å². The topological polar surface area (TPSA) is 0 Å². The highest BCUT2D eigenvalue weighted by atomic mass is 32.8. The highest BCUT2D eigenvalue weighted by Gasteiger charge is 2.17. The Bertz CT molecular complexity index is 683. The smallest absolute Gasteiger partial charge is 0.129 e. The quantitative estimate of drug-likeness (QED) is 0.410. The van der Waals surface area contributed by atoms with Crippen molar-refractivity contribution < 1.29 is 0 Å². The van der Waals surface area contributed by atoms with Crippen molar-refractivity contribution in [2.45, 2.75) is 35.5 Å². The van der Waals surface area contributed by atoms with Crippen LogP contribution in [0.25, 0.3) is 0 Å². The van der Waals surface area contributed by atoms with Gasteiger partial charge in [0.15, 0.2) is 0 Å². The van der Waals surface area contributed by atoms with Gasteiger partial charge in [-0.25, -0.2) is 0 Å². The molecule has 0 aliphatic carbocycles. The molecule has 3 aromatic carbocycles. The fraction of sp³-hybridized carbons (Fsp3) is 0.143. The average molecular weight is 399 g/mol. The fourth-order valence-electron chi connectivity index (χ4n) is 2.26. The monoisotopic (exact) mass is 398 g/mol. The van der Waals surface area contributed by atoms with Gasteiger partial charge in [-0.2, -0.15) is 0 Å². The van der Waals surface area contributed by atoms with Crippen LogP contribution in [0.4, 0.5) is 0 Å². The first-order chi connectivity index (χ1) is 12.1. The molecule has 3 aromatic rings. The second kappa shape index (κ2) is 9.04. The van der Waals surface area contributed by atoms with Crippen molar-refractivity contribution in [2.75, 3.05) is 0 Å². The van der Waals surface area contributed by atoms with E-state index in [0.717, 1.165) is 0 Å². The molecule has 25 heavy (non-hydrogen) atoms. The van der Waals surface area contributed by atoms with E-state index in [1.807, 2.05) is 0 Å². The maximum atomic E-state index is 2.26. The van der Waals surface area contributed by atoms with Crippen molar-refractivity contribution in [1.29, 1.82) is 0 Å². The molecule has 0 aromatic heterocycles. The Kier molecular flexibility index (Phi) is 6.76. The van der Waals surface area contributed by atoms with Gasteiger partial charge in [0.05, 0.1) is 0 Å². The molecule has 0 aliphatic heterocycles. The van der Waals surface area contributed by atoms with Crippen LogP contribution < -0.4 is 0 Å². The van der Waals surface area contributed by atoms with Gasteiger partial charge in [-0.1, -0.05) is 53.1 Å². The van der Waals surface area contributed by atoms with Crippen molar-refractivity contribution >= 4 is 39.9 Å². The van der Waals surface area contributed by atoms with Crippen LogP contribution in [0, 0.1) is 20.8 Å². The van der Waals surface area contributed by atoms with Crippen LogP contribution in [0.1, 0.15) is 16.7 Å². The predicted octanol–water partition coefficient (Wildman–Crippen LogP) is 7.01. The summed E-state index contributed by atoms with van der Waals surface area (Å²) < 4.78 is 0. The molecule has 0 saturated carbocycles. The first-order valence-corrected chi connectivity index (χ1v) is 15.2. The van der Waals surface area contributed by atoms with Gasteiger partial charge in [0.25, 0.3) is 0 Å². The van der Waals surface area contributed by atoms with E-state index >= 15 is 0 Å². The number of rotatable bonds is 6. The van der Waals surface area contributed by atoms with Crippen LogP contribution in [0.2, 0.25) is 0 Å². The minimum atomic E-state index is -1.21. The molecule has 4 heteroatoms. The first kappa shape index (κ1) is 18.7. The zero-order chi connectivity index (χ0) is 17.6. The molecule has 0 saturated heterocycles. The predicted molar refractivity (Wildman–Crippen MR) is 118 cm³/mol. The van der Waals surface area contributed by atoms with E-state index in [9.17, 15) is 0 Å². The molecule has 0 aliphatic rings. The maximum Gasteiger partial charge on any atom is 0.236 e. The Hall–Kier alpha value is -1.07. The first-order valence-electron chi connectivity index (χ1n) is 8.28. The Labute approximate surface area is 164 Å². The zero-order valence-corrected chi connectivity index (χ0v) is 18.3. The third kappa shape index (κ3) is 5.99. The van der Waals surface area contributed by atoms with Gasteiger partial charge in [0.1, 0.15) is 0 Å². The molecule has 0 nitrogen and oxygen atoms in total. The molecule has 0 radical (unpaired) electrons. The molecule has 128 valence electrons. The average Bonchev–Trinajstić information content (AvgIpc) is 2.61. The molecule has 3 rings (SSSR count). The maximum absolute atomic E-state index is 2.26. The van der Waals surface area contributed by atoms with Gasteiger partial charge >= 0.3 is 0 Å². The van der Waals surface area contributed by atoms with Crippen LogP contribution in [-0.2, 0) is 0 Å². The standard InChI is InChI=1S/C21H22S3Si/c1-16-4-10-19(11-5-16)22-25(23-20-12-6-17(2)7-13-20)24-21-14-8-18(3)9-15-21/h4-15,25H,1-3H3. The minimum Gasteiger partial charge on any atom is -0.129 e. The number of hydrogen-bond donors (Lipinski definition) is 0. The Morgan fingerprint density at radius 1 is 0.440 bits per heavy atom. The highest BCUT2D eigenvalue weighted by Crippen LogP contribution is 2.41. The van der Waals surface area contributed by atoms with Gasteiger partial charge in [0.2, 0.25) is 6.25 Å². The lowest BCUT2D eigenvalue weighted by Gasteiger charge is -2.15. The second-order valence-electron chi connectivity index (χ2n) is 6.08. The van der Waals surface area contributed by atoms with Crippen LogP contribution in [0.5, 0.6) is 0 Å². The lowest BCUT2D eigenvalue weighted by molar-refractivity contribution is 1.38. The van der Waals surface area contributed by atoms with Crippen LogP contribution in [-0.4, -0.2) is 6.25 Å². The van der Waals surface area contributed by atoms with Crippen LogP contribution >= 0.6 is 33.6 Å². The summed E-state index contributed by atoms with van der Waals surface area (Å²) in [6.07, 6.45) is -1.21. The Balaban J connectivity index is 1.77. The largest absolute Gasteiger partial charge is 0.236 e. The van der Waals surface area contributed by atoms with Crippen molar-refractivity contribution in [3.63, 3.8) is 0 Å². The lowest BCUT2D eigenvalue weighted by Crippen LogP contribution is -1.97. The molecular formula is C21H22S3Si. The molecule has 0 spiro atoms. The van der Waals surface area contributed by atoms with Gasteiger partial charge in [0, 0.05) is 14.7 Å². The van der Waals surface area contributed by atoms with Crippen molar-refractivity contribution in [2.24, 2.45) is 0 Å². The lowest BCUT2D eigenvalue weighted by atomic mass is 10.2. The van der Waals surface area contributed by atoms with E-state index in [2.05, 4.69) is 127 Å². The normalized spacial score (nSPS) is 11.0. The van der Waals surface area contributed by atoms with E-state index in [1.54, 1.807) is 0 Å². The van der Waals surface area contributed by atoms with E-state index in [4.69, 9.17) is 0 Å². The summed E-state index contributed by atoms with van der Waals surface area (Å²) >= 11 is 6.18. The van der Waals surface area contributed by atoms with Crippen molar-refractivity contribution in [3.8, 4) is 0 Å². The van der Waals surface area contributed by atoms with Crippen molar-refractivity contribution in [3.05, 3.63) is 89.5 Å². The van der Waals surface area contributed by atoms with Crippen LogP contribution in [0.15, 0.2) is 87.5 Å². The summed E-state index contributed by atoms with van der Waals surface area (Å²) in [7, 11) is 0. The summed E-state index contributed by atoms with van der Waals surface area (Å²) in [5.41, 5.74) is 3.96. The molecule has 0 heterocycles. The van der Waals surface area contributed by atoms with Gasteiger partial charge in [-0.3, -0.25) is 0 Å². The summed E-state index contributed by atoms with van der Waals surface area (Å²) in [4.78, 5) is 4.13. The third-order valence-corrected chi connectivity index (χ3v) is 15.3. The van der Waals surface area contributed by atoms with E-state index in [1.165, 1.54) is 31.4 Å². The Morgan fingerprint density at radius 3 is 0.920 bits per heavy atom. The molecule has 0 bridgehead atoms. The molecule has 0 N–H and O–H groups in total. The fourth-order valence-corrected chi connectivity index (χ4v) is 15.1. The number of hydrogen-bond acceptors (Lipinski definition) is 3. The summed E-state index contributed by atoms with van der Waals surface area (Å²) in [5.74, 6) is 0.